The van der Waals surface area contributed by atoms with Crippen LogP contribution in [0, 0.1) is 11.7 Å². The van der Waals surface area contributed by atoms with Gasteiger partial charge in [-0.2, -0.15) is 0 Å². The van der Waals surface area contributed by atoms with Crippen LogP contribution >= 0.6 is 24.0 Å². The molecule has 3 rings (SSSR count). The van der Waals surface area contributed by atoms with Gasteiger partial charge in [0.05, 0.1) is 0 Å². The Labute approximate surface area is 196 Å². The maximum atomic E-state index is 13.1. The molecule has 2 aromatic rings. The van der Waals surface area contributed by atoms with E-state index in [0.29, 0.717) is 18.5 Å². The molecule has 1 aromatic heterocycles. The Balaban J connectivity index is 0.00000320. The van der Waals surface area contributed by atoms with Crippen LogP contribution in [0.1, 0.15) is 50.9 Å². The maximum absolute atomic E-state index is 13.1. The zero-order valence-electron chi connectivity index (χ0n) is 18.0. The van der Waals surface area contributed by atoms with E-state index in [2.05, 4.69) is 39.2 Å². The summed E-state index contributed by atoms with van der Waals surface area (Å²) in [6.07, 6.45) is 8.48. The van der Waals surface area contributed by atoms with Crippen molar-refractivity contribution in [3.63, 3.8) is 0 Å². The lowest BCUT2D eigenvalue weighted by atomic mass is 9.86. The van der Waals surface area contributed by atoms with Crippen LogP contribution in [-0.2, 0) is 19.4 Å². The summed E-state index contributed by atoms with van der Waals surface area (Å²) in [6.45, 7) is 6.62. The summed E-state index contributed by atoms with van der Waals surface area (Å²) < 4.78 is 15.2. The lowest BCUT2D eigenvalue weighted by Crippen LogP contribution is -2.48. The minimum atomic E-state index is -0.201. The molecule has 1 aromatic carbocycles. The highest BCUT2D eigenvalue weighted by Gasteiger charge is 2.22. The topological polar surface area (TPSA) is 67.1 Å². The Morgan fingerprint density at radius 3 is 2.73 bits per heavy atom. The standard InChI is InChI=1S/C22H33FN6.HI/c1-3-21-28-26-16-29(21)15-14-25-22(27-20-7-5-4-6-17(20)2)24-13-12-18-8-10-19(23)11-9-18;/h8-11,16-17,20H,3-7,12-15H2,1-2H3,(H2,24,25,27);1H. The predicted octanol–water partition coefficient (Wildman–Crippen LogP) is 3.95. The van der Waals surface area contributed by atoms with Crippen LogP contribution in [0.15, 0.2) is 35.6 Å². The molecule has 6 nitrogen and oxygen atoms in total. The van der Waals surface area contributed by atoms with Gasteiger partial charge < -0.3 is 15.2 Å². The van der Waals surface area contributed by atoms with Gasteiger partial charge in [0.2, 0.25) is 0 Å². The minimum absolute atomic E-state index is 0. The second kappa shape index (κ2) is 12.9. The molecular weight excluding hydrogens is 494 g/mol. The van der Waals surface area contributed by atoms with Gasteiger partial charge in [-0.15, -0.1) is 34.2 Å². The van der Waals surface area contributed by atoms with Crippen LogP contribution in [0.2, 0.25) is 0 Å². The summed E-state index contributed by atoms with van der Waals surface area (Å²) in [5.74, 6) is 2.30. The van der Waals surface area contributed by atoms with Crippen LogP contribution < -0.4 is 10.6 Å². The molecule has 1 saturated carbocycles. The van der Waals surface area contributed by atoms with Gasteiger partial charge in [-0.25, -0.2) is 4.39 Å². The molecule has 2 N–H and O–H groups in total. The summed E-state index contributed by atoms with van der Waals surface area (Å²) in [5.41, 5.74) is 1.10. The SMILES string of the molecule is CCc1nncn1CCNC(=NCCc1ccc(F)cc1)NC1CCCCC1C.I. The fraction of sp³-hybridized carbons (Fsp3) is 0.591. The molecule has 2 atom stereocenters. The normalized spacial score (nSPS) is 19.2. The van der Waals surface area contributed by atoms with Gasteiger partial charge in [0.1, 0.15) is 18.0 Å². The smallest absolute Gasteiger partial charge is 0.191 e. The Hall–Kier alpha value is -1.71. The Morgan fingerprint density at radius 2 is 2.00 bits per heavy atom. The number of aryl methyl sites for hydroxylation is 1. The molecule has 0 amide bonds. The van der Waals surface area contributed by atoms with Crippen LogP contribution in [-0.4, -0.2) is 39.9 Å². The number of nitrogens with one attached hydrogen (secondary N) is 2. The number of hydrogen-bond acceptors (Lipinski definition) is 3. The minimum Gasteiger partial charge on any atom is -0.355 e. The predicted molar refractivity (Wildman–Crippen MR) is 130 cm³/mol. The third-order valence-electron chi connectivity index (χ3n) is 5.67. The van der Waals surface area contributed by atoms with Gasteiger partial charge in [-0.1, -0.05) is 38.8 Å². The van der Waals surface area contributed by atoms with Gasteiger partial charge >= 0.3 is 0 Å². The maximum Gasteiger partial charge on any atom is 0.191 e. The van der Waals surface area contributed by atoms with Gasteiger partial charge in [0, 0.05) is 32.1 Å². The van der Waals surface area contributed by atoms with Gasteiger partial charge in [0.25, 0.3) is 0 Å². The van der Waals surface area contributed by atoms with Crippen LogP contribution in [0.3, 0.4) is 0 Å². The lowest BCUT2D eigenvalue weighted by molar-refractivity contribution is 0.306. The number of benzene rings is 1. The molecule has 1 aliphatic carbocycles. The first-order chi connectivity index (χ1) is 14.2. The third-order valence-corrected chi connectivity index (χ3v) is 5.67. The molecule has 0 aliphatic heterocycles. The summed E-state index contributed by atoms with van der Waals surface area (Å²) in [7, 11) is 0. The zero-order chi connectivity index (χ0) is 20.5. The van der Waals surface area contributed by atoms with Crippen molar-refractivity contribution in [1.82, 2.24) is 25.4 Å². The number of rotatable bonds is 8. The van der Waals surface area contributed by atoms with E-state index in [0.717, 1.165) is 43.3 Å². The van der Waals surface area contributed by atoms with Gasteiger partial charge in [0.15, 0.2) is 5.96 Å². The van der Waals surface area contributed by atoms with Gasteiger partial charge in [-0.3, -0.25) is 4.99 Å². The van der Waals surface area contributed by atoms with E-state index in [1.54, 1.807) is 6.33 Å². The molecule has 0 spiro atoms. The van der Waals surface area contributed by atoms with E-state index in [1.165, 1.54) is 37.8 Å². The average molecular weight is 528 g/mol. The highest BCUT2D eigenvalue weighted by atomic mass is 127. The van der Waals surface area contributed by atoms with Crippen molar-refractivity contribution in [3.05, 3.63) is 47.8 Å². The number of aromatic nitrogens is 3. The van der Waals surface area contributed by atoms with E-state index < -0.39 is 0 Å². The van der Waals surface area contributed by atoms with E-state index in [9.17, 15) is 4.39 Å². The summed E-state index contributed by atoms with van der Waals surface area (Å²) >= 11 is 0. The number of guanidine groups is 1. The number of halogens is 2. The third kappa shape index (κ3) is 7.52. The average Bonchev–Trinajstić information content (AvgIpc) is 3.18. The Morgan fingerprint density at radius 1 is 1.23 bits per heavy atom. The number of nitrogens with zero attached hydrogens (tertiary/aromatic N) is 4. The molecule has 166 valence electrons. The lowest BCUT2D eigenvalue weighted by Gasteiger charge is -2.31. The monoisotopic (exact) mass is 528 g/mol. The van der Waals surface area contributed by atoms with E-state index in [4.69, 9.17) is 4.99 Å². The van der Waals surface area contributed by atoms with E-state index in [1.807, 2.05) is 12.1 Å². The van der Waals surface area contributed by atoms with Crippen molar-refractivity contribution < 1.29 is 4.39 Å². The highest BCUT2D eigenvalue weighted by molar-refractivity contribution is 14.0. The first-order valence-electron chi connectivity index (χ1n) is 10.8. The Kier molecular flexibility index (Phi) is 10.5. The molecule has 0 radical (unpaired) electrons. The Bertz CT molecular complexity index is 776. The summed E-state index contributed by atoms with van der Waals surface area (Å²) in [5, 5.41) is 15.3. The number of aliphatic imine (C=N–C) groups is 1. The first kappa shape index (κ1) is 24.6. The van der Waals surface area contributed by atoms with Crippen molar-refractivity contribution in [3.8, 4) is 0 Å². The summed E-state index contributed by atoms with van der Waals surface area (Å²) in [6, 6.07) is 7.12. The molecule has 1 heterocycles. The molecule has 1 aliphatic rings. The van der Waals surface area contributed by atoms with Crippen LogP contribution in [0.4, 0.5) is 4.39 Å². The fourth-order valence-corrected chi connectivity index (χ4v) is 3.84. The second-order valence-electron chi connectivity index (χ2n) is 7.84. The zero-order valence-corrected chi connectivity index (χ0v) is 20.3. The summed E-state index contributed by atoms with van der Waals surface area (Å²) in [4.78, 5) is 4.79. The molecule has 30 heavy (non-hydrogen) atoms. The molecular formula is C22H34FIN6. The fourth-order valence-electron chi connectivity index (χ4n) is 3.84. The van der Waals surface area contributed by atoms with Crippen molar-refractivity contribution in [2.24, 2.45) is 10.9 Å². The second-order valence-corrected chi connectivity index (χ2v) is 7.84. The van der Waals surface area contributed by atoms with Crippen molar-refractivity contribution in [2.75, 3.05) is 13.1 Å². The molecule has 0 bridgehead atoms. The van der Waals surface area contributed by atoms with E-state index in [-0.39, 0.29) is 29.8 Å². The van der Waals surface area contributed by atoms with Crippen molar-refractivity contribution in [2.45, 2.75) is 65.0 Å². The van der Waals surface area contributed by atoms with Crippen molar-refractivity contribution in [1.29, 1.82) is 0 Å². The molecule has 1 fully saturated rings. The first-order valence-corrected chi connectivity index (χ1v) is 10.8. The quantitative estimate of drug-likeness (QED) is 0.310. The largest absolute Gasteiger partial charge is 0.355 e. The van der Waals surface area contributed by atoms with Gasteiger partial charge in [-0.05, 0) is 42.9 Å². The highest BCUT2D eigenvalue weighted by Crippen LogP contribution is 2.23. The number of hydrogen-bond donors (Lipinski definition) is 2. The molecule has 0 saturated heterocycles. The van der Waals surface area contributed by atoms with E-state index >= 15 is 0 Å². The van der Waals surface area contributed by atoms with Crippen molar-refractivity contribution >= 4 is 29.9 Å². The molecule has 2 unspecified atom stereocenters. The van der Waals surface area contributed by atoms with Crippen LogP contribution in [0.25, 0.3) is 0 Å². The van der Waals surface area contributed by atoms with Crippen LogP contribution in [0.5, 0.6) is 0 Å². The molecule has 8 heteroatoms.